The molecular formula is C20H21FN8O. The van der Waals surface area contributed by atoms with Crippen molar-refractivity contribution < 1.29 is 9.50 Å². The molecule has 5 rings (SSSR count). The van der Waals surface area contributed by atoms with Crippen LogP contribution in [0.1, 0.15) is 37.7 Å². The molecule has 0 spiro atoms. The van der Waals surface area contributed by atoms with Crippen molar-refractivity contribution in [1.29, 1.82) is 0 Å². The molecule has 2 fully saturated rings. The monoisotopic (exact) mass is 408 g/mol. The highest BCUT2D eigenvalue weighted by Crippen LogP contribution is 2.40. The average Bonchev–Trinajstić information content (AvgIpc) is 3.31. The Morgan fingerprint density at radius 3 is 2.87 bits per heavy atom. The second-order valence-electron chi connectivity index (χ2n) is 8.12. The summed E-state index contributed by atoms with van der Waals surface area (Å²) in [7, 11) is 0. The number of halogens is 1. The Balaban J connectivity index is 1.39. The molecule has 2 aliphatic rings. The first-order valence-corrected chi connectivity index (χ1v) is 9.84. The van der Waals surface area contributed by atoms with Gasteiger partial charge in [0, 0.05) is 12.1 Å². The third-order valence-corrected chi connectivity index (χ3v) is 5.79. The number of phenols is 1. The molecule has 0 saturated carbocycles. The number of hydrogen-bond acceptors (Lipinski definition) is 8. The second kappa shape index (κ2) is 6.91. The Kier molecular flexibility index (Phi) is 4.31. The summed E-state index contributed by atoms with van der Waals surface area (Å²) >= 11 is 0. The van der Waals surface area contributed by atoms with Crippen LogP contribution in [0.5, 0.6) is 5.75 Å². The lowest BCUT2D eigenvalue weighted by molar-refractivity contribution is 0.186. The lowest BCUT2D eigenvalue weighted by Crippen LogP contribution is -2.52. The molecular weight excluding hydrogens is 387 g/mol. The van der Waals surface area contributed by atoms with E-state index >= 15 is 0 Å². The van der Waals surface area contributed by atoms with Crippen LogP contribution in [0.15, 0.2) is 30.0 Å². The van der Waals surface area contributed by atoms with Gasteiger partial charge in [0.05, 0.1) is 23.0 Å². The predicted octanol–water partition coefficient (Wildman–Crippen LogP) is 2.16. The van der Waals surface area contributed by atoms with Gasteiger partial charge in [-0.3, -0.25) is 0 Å². The van der Waals surface area contributed by atoms with E-state index in [2.05, 4.69) is 35.9 Å². The highest BCUT2D eigenvalue weighted by Gasteiger charge is 2.47. The minimum Gasteiger partial charge on any atom is -0.507 e. The Bertz CT molecular complexity index is 1130. The Morgan fingerprint density at radius 2 is 2.17 bits per heavy atom. The predicted molar refractivity (Wildman–Crippen MR) is 106 cm³/mol. The number of tetrazole rings is 1. The number of nitrogens with zero attached hydrogens (tertiary/aromatic N) is 7. The summed E-state index contributed by atoms with van der Waals surface area (Å²) in [5.74, 6) is 0.780. The van der Waals surface area contributed by atoms with E-state index in [0.29, 0.717) is 35.2 Å². The third kappa shape index (κ3) is 3.22. The minimum atomic E-state index is -1.05. The number of benzene rings is 1. The van der Waals surface area contributed by atoms with Crippen molar-refractivity contribution in [3.05, 3.63) is 41.5 Å². The van der Waals surface area contributed by atoms with Gasteiger partial charge >= 0.3 is 0 Å². The number of nitrogens with one attached hydrogen (secondary N) is 1. The molecule has 9 nitrogen and oxygen atoms in total. The van der Waals surface area contributed by atoms with Crippen molar-refractivity contribution in [3.8, 4) is 22.8 Å². The van der Waals surface area contributed by atoms with E-state index in [-0.39, 0.29) is 11.6 Å². The topological polar surface area (TPSA) is 115 Å². The molecule has 3 atom stereocenters. The second-order valence-corrected chi connectivity index (χ2v) is 8.12. The molecule has 4 heterocycles. The Labute approximate surface area is 172 Å². The molecule has 0 amide bonds. The molecule has 30 heavy (non-hydrogen) atoms. The Hall–Kier alpha value is -3.27. The smallest absolute Gasteiger partial charge is 0.185 e. The molecule has 1 unspecified atom stereocenters. The summed E-state index contributed by atoms with van der Waals surface area (Å²) in [5.41, 5.74) is 1.72. The lowest BCUT2D eigenvalue weighted by Gasteiger charge is -2.36. The summed E-state index contributed by atoms with van der Waals surface area (Å²) in [5, 5.41) is 33.9. The fraction of sp³-hybridized carbons (Fsp3) is 0.400. The van der Waals surface area contributed by atoms with E-state index in [1.54, 1.807) is 31.3 Å². The fourth-order valence-corrected chi connectivity index (χ4v) is 4.26. The quantitative estimate of drug-likeness (QED) is 0.678. The SMILES string of the molecule is Cc1nnn(-c2ccc(-c3ncc(/C=C4\CC5CC[C@](C)(N5)[C@H]4F)nn3)c(O)c2)n1. The van der Waals surface area contributed by atoms with Gasteiger partial charge in [-0.15, -0.1) is 25.2 Å². The standard InChI is InChI=1S/C20H21FN8O/c1-11-24-28-29(27-11)15-3-4-16(17(30)9-15)19-22-10-14(25-26-19)8-12-7-13-5-6-20(2,23-13)18(12)21/h3-4,8-10,13,18,23,30H,5-7H2,1-2H3/b12-8+/t13?,18-,20-/m0/s1. The molecule has 154 valence electrons. The number of phenolic OH excluding ortho intramolecular Hbond substituents is 1. The van der Waals surface area contributed by atoms with Gasteiger partial charge in [-0.2, -0.15) is 0 Å². The summed E-state index contributed by atoms with van der Waals surface area (Å²) in [4.78, 5) is 5.64. The molecule has 2 aromatic heterocycles. The van der Waals surface area contributed by atoms with Crippen LogP contribution in [0.2, 0.25) is 0 Å². The van der Waals surface area contributed by atoms with Crippen LogP contribution in [-0.4, -0.2) is 58.2 Å². The number of piperidine rings is 1. The summed E-state index contributed by atoms with van der Waals surface area (Å²) in [6.45, 7) is 3.66. The van der Waals surface area contributed by atoms with Crippen LogP contribution in [-0.2, 0) is 0 Å². The largest absolute Gasteiger partial charge is 0.507 e. The first-order valence-electron chi connectivity index (χ1n) is 9.84. The fourth-order valence-electron chi connectivity index (χ4n) is 4.26. The van der Waals surface area contributed by atoms with Gasteiger partial charge in [0.1, 0.15) is 17.6 Å². The van der Waals surface area contributed by atoms with Crippen molar-refractivity contribution in [3.63, 3.8) is 0 Å². The van der Waals surface area contributed by atoms with Crippen LogP contribution >= 0.6 is 0 Å². The van der Waals surface area contributed by atoms with E-state index < -0.39 is 11.7 Å². The zero-order valence-corrected chi connectivity index (χ0v) is 16.6. The molecule has 10 heteroatoms. The summed E-state index contributed by atoms with van der Waals surface area (Å²) in [6, 6.07) is 5.22. The lowest BCUT2D eigenvalue weighted by atomic mass is 9.86. The van der Waals surface area contributed by atoms with Crippen molar-refractivity contribution >= 4 is 6.08 Å². The maximum absolute atomic E-state index is 14.9. The molecule has 0 radical (unpaired) electrons. The van der Waals surface area contributed by atoms with Crippen LogP contribution in [0.4, 0.5) is 4.39 Å². The number of alkyl halides is 1. The van der Waals surface area contributed by atoms with Crippen molar-refractivity contribution in [2.24, 2.45) is 0 Å². The first-order chi connectivity index (χ1) is 14.4. The molecule has 3 aromatic rings. The zero-order valence-electron chi connectivity index (χ0n) is 16.6. The Morgan fingerprint density at radius 1 is 1.30 bits per heavy atom. The number of hydrogen-bond donors (Lipinski definition) is 2. The number of aromatic hydroxyl groups is 1. The highest BCUT2D eigenvalue weighted by atomic mass is 19.1. The van der Waals surface area contributed by atoms with Gasteiger partial charge in [0.15, 0.2) is 11.6 Å². The van der Waals surface area contributed by atoms with Crippen LogP contribution in [0.25, 0.3) is 23.2 Å². The van der Waals surface area contributed by atoms with Gasteiger partial charge in [0.25, 0.3) is 0 Å². The van der Waals surface area contributed by atoms with E-state index in [1.807, 2.05) is 6.92 Å². The highest BCUT2D eigenvalue weighted by molar-refractivity contribution is 5.65. The van der Waals surface area contributed by atoms with Gasteiger partial charge in [0.2, 0.25) is 0 Å². The molecule has 2 saturated heterocycles. The van der Waals surface area contributed by atoms with Crippen LogP contribution in [0, 0.1) is 6.92 Å². The van der Waals surface area contributed by atoms with E-state index in [4.69, 9.17) is 0 Å². The molecule has 2 bridgehead atoms. The first kappa shape index (κ1) is 18.7. The van der Waals surface area contributed by atoms with E-state index in [0.717, 1.165) is 18.4 Å². The molecule has 1 aromatic carbocycles. The summed E-state index contributed by atoms with van der Waals surface area (Å²) < 4.78 is 14.9. The maximum Gasteiger partial charge on any atom is 0.185 e. The van der Waals surface area contributed by atoms with E-state index in [1.165, 1.54) is 10.9 Å². The van der Waals surface area contributed by atoms with Gasteiger partial charge < -0.3 is 10.4 Å². The van der Waals surface area contributed by atoms with E-state index in [9.17, 15) is 9.50 Å². The number of rotatable bonds is 3. The number of fused-ring (bicyclic) bond motifs is 2. The third-order valence-electron chi connectivity index (χ3n) is 5.79. The van der Waals surface area contributed by atoms with Crippen LogP contribution in [0.3, 0.4) is 0 Å². The minimum absolute atomic E-state index is 0.0259. The number of aromatic nitrogens is 7. The van der Waals surface area contributed by atoms with Gasteiger partial charge in [-0.05, 0) is 62.1 Å². The average molecular weight is 408 g/mol. The van der Waals surface area contributed by atoms with Gasteiger partial charge in [-0.25, -0.2) is 9.37 Å². The zero-order chi connectivity index (χ0) is 20.9. The normalized spacial score (nSPS) is 27.0. The van der Waals surface area contributed by atoms with Crippen molar-refractivity contribution in [2.75, 3.05) is 0 Å². The molecule has 2 aliphatic heterocycles. The van der Waals surface area contributed by atoms with Crippen molar-refractivity contribution in [1.82, 2.24) is 40.7 Å². The van der Waals surface area contributed by atoms with Crippen LogP contribution < -0.4 is 5.32 Å². The summed E-state index contributed by atoms with van der Waals surface area (Å²) in [6.07, 6.45) is 4.72. The molecule has 0 aliphatic carbocycles. The maximum atomic E-state index is 14.9. The number of aryl methyl sites for hydroxylation is 1. The molecule has 2 N–H and O–H groups in total. The van der Waals surface area contributed by atoms with Gasteiger partial charge in [-0.1, -0.05) is 0 Å². The van der Waals surface area contributed by atoms with Crippen molar-refractivity contribution in [2.45, 2.75) is 50.9 Å².